The van der Waals surface area contributed by atoms with E-state index in [0.29, 0.717) is 18.2 Å². The highest BCUT2D eigenvalue weighted by molar-refractivity contribution is 6.07. The van der Waals surface area contributed by atoms with E-state index in [0.717, 1.165) is 50.1 Å². The van der Waals surface area contributed by atoms with Crippen molar-refractivity contribution in [3.63, 3.8) is 0 Å². The molecular formula is C32H42N2O2+2. The van der Waals surface area contributed by atoms with Gasteiger partial charge in [0.2, 0.25) is 0 Å². The Morgan fingerprint density at radius 1 is 0.861 bits per heavy atom. The fourth-order valence-corrected chi connectivity index (χ4v) is 3.90. The van der Waals surface area contributed by atoms with Crippen LogP contribution >= 0.6 is 0 Å². The quantitative estimate of drug-likeness (QED) is 0.180. The largest absolute Gasteiger partial charge is 0.487 e. The molecule has 0 fully saturated rings. The van der Waals surface area contributed by atoms with Gasteiger partial charge in [0.05, 0.1) is 41.3 Å². The first kappa shape index (κ1) is 27.4. The smallest absolute Gasteiger partial charge is 0.185 e. The molecule has 0 atom stereocenters. The topological polar surface area (TPSA) is 26.3 Å². The molecule has 0 aliphatic rings. The average molecular weight is 487 g/mol. The van der Waals surface area contributed by atoms with E-state index < -0.39 is 0 Å². The molecule has 3 aromatic carbocycles. The molecule has 0 N–H and O–H groups in total. The second-order valence-corrected chi connectivity index (χ2v) is 11.4. The minimum atomic E-state index is -0.00747. The Balaban J connectivity index is 1.86. The number of hydrogen-bond donors (Lipinski definition) is 0. The van der Waals surface area contributed by atoms with Crippen LogP contribution in [0.4, 0.5) is 0 Å². The number of ether oxygens (including phenoxy) is 1. The number of allylic oxidation sites excluding steroid dienone is 1. The zero-order chi connectivity index (χ0) is 26.3. The van der Waals surface area contributed by atoms with Crippen molar-refractivity contribution in [2.75, 3.05) is 48.4 Å². The predicted molar refractivity (Wildman–Crippen MR) is 151 cm³/mol. The van der Waals surface area contributed by atoms with E-state index in [-0.39, 0.29) is 5.78 Å². The Bertz CT molecular complexity index is 1190. The van der Waals surface area contributed by atoms with E-state index in [9.17, 15) is 4.79 Å². The van der Waals surface area contributed by atoms with Crippen LogP contribution in [0.2, 0.25) is 0 Å². The summed E-state index contributed by atoms with van der Waals surface area (Å²) in [5, 5.41) is 0. The lowest BCUT2D eigenvalue weighted by atomic mass is 10.0. The molecule has 3 aromatic rings. The number of benzene rings is 3. The van der Waals surface area contributed by atoms with E-state index in [4.69, 9.17) is 4.74 Å². The number of quaternary nitrogens is 2. The summed E-state index contributed by atoms with van der Waals surface area (Å²) in [6, 6.07) is 24.9. The minimum Gasteiger partial charge on any atom is -0.487 e. The van der Waals surface area contributed by atoms with Crippen LogP contribution in [-0.4, -0.2) is 69.2 Å². The van der Waals surface area contributed by atoms with Gasteiger partial charge in [-0.2, -0.15) is 0 Å². The Hall–Kier alpha value is -3.21. The summed E-state index contributed by atoms with van der Waals surface area (Å²) < 4.78 is 7.94. The van der Waals surface area contributed by atoms with Gasteiger partial charge >= 0.3 is 0 Å². The van der Waals surface area contributed by atoms with E-state index in [2.05, 4.69) is 79.4 Å². The lowest BCUT2D eigenvalue weighted by Crippen LogP contribution is -2.48. The third kappa shape index (κ3) is 7.91. The molecule has 0 aliphatic carbocycles. The summed E-state index contributed by atoms with van der Waals surface area (Å²) in [4.78, 5) is 13.1. The Morgan fingerprint density at radius 3 is 2.25 bits per heavy atom. The molecule has 0 radical (unpaired) electrons. The molecule has 0 amide bonds. The van der Waals surface area contributed by atoms with Gasteiger partial charge in [0.15, 0.2) is 5.78 Å². The van der Waals surface area contributed by atoms with E-state index in [1.807, 2.05) is 48.5 Å². The predicted octanol–water partition coefficient (Wildman–Crippen LogP) is 6.32. The molecule has 0 spiro atoms. The minimum absolute atomic E-state index is 0.00747. The average Bonchev–Trinajstić information content (AvgIpc) is 2.82. The van der Waals surface area contributed by atoms with Gasteiger partial charge in [-0.15, -0.1) is 0 Å². The maximum atomic E-state index is 13.1. The van der Waals surface area contributed by atoms with Gasteiger partial charge in [0, 0.05) is 16.7 Å². The molecule has 0 unspecified atom stereocenters. The van der Waals surface area contributed by atoms with Crippen molar-refractivity contribution < 1.29 is 18.5 Å². The highest BCUT2D eigenvalue weighted by atomic mass is 16.5. The molecule has 4 heteroatoms. The first-order chi connectivity index (χ1) is 16.9. The van der Waals surface area contributed by atoms with E-state index in [1.54, 1.807) is 6.08 Å². The number of rotatable bonds is 11. The summed E-state index contributed by atoms with van der Waals surface area (Å²) in [6.45, 7) is 6.83. The zero-order valence-electron chi connectivity index (χ0n) is 23.0. The Labute approximate surface area is 217 Å². The molecule has 0 aliphatic heterocycles. The normalized spacial score (nSPS) is 12.3. The SMILES string of the molecule is CC(C)[N+](C)(C)CCOc1ccc(-c2ccccc2)cc1/C=C/C(=O)c1cccc(C[N+](C)(C)C)c1. The van der Waals surface area contributed by atoms with Crippen LogP contribution in [0.3, 0.4) is 0 Å². The first-order valence-electron chi connectivity index (χ1n) is 12.7. The van der Waals surface area contributed by atoms with Crippen molar-refractivity contribution in [1.82, 2.24) is 0 Å². The van der Waals surface area contributed by atoms with Gasteiger partial charge in [-0.05, 0) is 55.3 Å². The second-order valence-electron chi connectivity index (χ2n) is 11.4. The summed E-state index contributed by atoms with van der Waals surface area (Å²) in [7, 11) is 10.9. The van der Waals surface area contributed by atoms with Crippen molar-refractivity contribution in [2.24, 2.45) is 0 Å². The maximum absolute atomic E-state index is 13.1. The molecule has 0 bridgehead atoms. The number of nitrogens with zero attached hydrogens (tertiary/aromatic N) is 2. The molecular weight excluding hydrogens is 444 g/mol. The molecule has 0 heterocycles. The van der Waals surface area contributed by atoms with Crippen LogP contribution in [0.25, 0.3) is 17.2 Å². The van der Waals surface area contributed by atoms with Crippen molar-refractivity contribution in [2.45, 2.75) is 26.4 Å². The number of ketones is 1. The summed E-state index contributed by atoms with van der Waals surface area (Å²) in [5.74, 6) is 0.785. The fraction of sp³-hybridized carbons (Fsp3) is 0.344. The van der Waals surface area contributed by atoms with Crippen LogP contribution in [-0.2, 0) is 6.54 Å². The summed E-state index contributed by atoms with van der Waals surface area (Å²) in [5.41, 5.74) is 4.99. The molecule has 0 aromatic heterocycles. The van der Waals surface area contributed by atoms with Crippen molar-refractivity contribution >= 4 is 11.9 Å². The molecule has 0 saturated carbocycles. The summed E-state index contributed by atoms with van der Waals surface area (Å²) >= 11 is 0. The lowest BCUT2D eigenvalue weighted by Gasteiger charge is -2.34. The van der Waals surface area contributed by atoms with Gasteiger partial charge in [-0.1, -0.05) is 54.6 Å². The monoisotopic (exact) mass is 486 g/mol. The lowest BCUT2D eigenvalue weighted by molar-refractivity contribution is -0.911. The van der Waals surface area contributed by atoms with Crippen molar-refractivity contribution in [3.8, 4) is 16.9 Å². The summed E-state index contributed by atoms with van der Waals surface area (Å²) in [6.07, 6.45) is 3.55. The maximum Gasteiger partial charge on any atom is 0.185 e. The van der Waals surface area contributed by atoms with E-state index >= 15 is 0 Å². The third-order valence-corrected chi connectivity index (χ3v) is 6.72. The second kappa shape index (κ2) is 11.7. The van der Waals surface area contributed by atoms with Crippen molar-refractivity contribution in [1.29, 1.82) is 0 Å². The van der Waals surface area contributed by atoms with Gasteiger partial charge in [0.25, 0.3) is 0 Å². The molecule has 190 valence electrons. The number of hydrogen-bond acceptors (Lipinski definition) is 2. The third-order valence-electron chi connectivity index (χ3n) is 6.72. The van der Waals surface area contributed by atoms with Gasteiger partial charge < -0.3 is 13.7 Å². The van der Waals surface area contributed by atoms with Crippen LogP contribution in [0, 0.1) is 0 Å². The van der Waals surface area contributed by atoms with Crippen LogP contribution in [0.5, 0.6) is 5.75 Å². The molecule has 36 heavy (non-hydrogen) atoms. The molecule has 4 nitrogen and oxygen atoms in total. The van der Waals surface area contributed by atoms with Crippen molar-refractivity contribution in [3.05, 3.63) is 95.6 Å². The molecule has 0 saturated heterocycles. The number of carbonyl (C=O) groups is 1. The highest BCUT2D eigenvalue weighted by Gasteiger charge is 2.19. The Kier molecular flexibility index (Phi) is 8.89. The van der Waals surface area contributed by atoms with Crippen LogP contribution in [0.1, 0.15) is 35.3 Å². The molecule has 3 rings (SSSR count). The fourth-order valence-electron chi connectivity index (χ4n) is 3.90. The number of carbonyl (C=O) groups excluding carboxylic acids is 1. The van der Waals surface area contributed by atoms with Gasteiger partial charge in [0.1, 0.15) is 25.4 Å². The Morgan fingerprint density at radius 2 is 1.58 bits per heavy atom. The number of likely N-dealkylation sites (N-methyl/N-ethyl adjacent to an activating group) is 1. The van der Waals surface area contributed by atoms with Gasteiger partial charge in [-0.3, -0.25) is 4.79 Å². The first-order valence-corrected chi connectivity index (χ1v) is 12.7. The van der Waals surface area contributed by atoms with E-state index in [1.165, 1.54) is 0 Å². The van der Waals surface area contributed by atoms with Gasteiger partial charge in [-0.25, -0.2) is 0 Å². The van der Waals surface area contributed by atoms with Crippen LogP contribution in [0.15, 0.2) is 78.9 Å². The zero-order valence-corrected chi connectivity index (χ0v) is 23.0. The standard InChI is InChI=1S/C32H42N2O2/c1-25(2)34(6,7)20-21-36-32-19-17-28(27-13-9-8-10-14-27)23-30(32)16-18-31(35)29-15-11-12-26(22-29)24-33(3,4)5/h8-19,22-23,25H,20-21,24H2,1-7H3/q+2/b18-16+. The highest BCUT2D eigenvalue weighted by Crippen LogP contribution is 2.28. The van der Waals surface area contributed by atoms with Crippen LogP contribution < -0.4 is 4.74 Å².